The Balaban J connectivity index is 2.30. The molecule has 0 bridgehead atoms. The number of benzene rings is 1. The van der Waals surface area contributed by atoms with Gasteiger partial charge < -0.3 is 5.11 Å². The van der Waals surface area contributed by atoms with Gasteiger partial charge in [-0.15, -0.1) is 10.2 Å². The van der Waals surface area contributed by atoms with Gasteiger partial charge in [0, 0.05) is 5.56 Å². The molecule has 1 N–H and O–H groups in total. The molecular weight excluding hydrogens is 224 g/mol. The van der Waals surface area contributed by atoms with Crippen LogP contribution in [0.1, 0.15) is 17.8 Å². The monoisotopic (exact) mass is 234 g/mol. The SMILES string of the molecule is C[C@@H](C(=O)O)c1nnc(-c2ccccc2)s1. The Morgan fingerprint density at radius 3 is 2.62 bits per heavy atom. The highest BCUT2D eigenvalue weighted by Crippen LogP contribution is 2.27. The number of rotatable bonds is 3. The third-order valence-corrected chi connectivity index (χ3v) is 3.36. The maximum absolute atomic E-state index is 10.8. The van der Waals surface area contributed by atoms with Crippen molar-refractivity contribution in [2.24, 2.45) is 0 Å². The van der Waals surface area contributed by atoms with Gasteiger partial charge in [-0.1, -0.05) is 41.7 Å². The van der Waals surface area contributed by atoms with Gasteiger partial charge in [0.15, 0.2) is 0 Å². The summed E-state index contributed by atoms with van der Waals surface area (Å²) in [4.78, 5) is 10.8. The highest BCUT2D eigenvalue weighted by Gasteiger charge is 2.18. The van der Waals surface area contributed by atoms with E-state index < -0.39 is 11.9 Å². The van der Waals surface area contributed by atoms with Crippen molar-refractivity contribution in [1.82, 2.24) is 10.2 Å². The summed E-state index contributed by atoms with van der Waals surface area (Å²) >= 11 is 1.32. The fourth-order valence-electron chi connectivity index (χ4n) is 1.21. The van der Waals surface area contributed by atoms with Crippen molar-refractivity contribution in [1.29, 1.82) is 0 Å². The predicted molar refractivity (Wildman–Crippen MR) is 61.4 cm³/mol. The Bertz CT molecular complexity index is 496. The summed E-state index contributed by atoms with van der Waals surface area (Å²) in [6, 6.07) is 9.60. The molecule has 1 atom stereocenters. The molecule has 82 valence electrons. The van der Waals surface area contributed by atoms with Crippen molar-refractivity contribution in [3.8, 4) is 10.6 Å². The van der Waals surface area contributed by atoms with Gasteiger partial charge in [0.25, 0.3) is 0 Å². The van der Waals surface area contributed by atoms with E-state index >= 15 is 0 Å². The van der Waals surface area contributed by atoms with Crippen molar-refractivity contribution in [2.45, 2.75) is 12.8 Å². The molecule has 2 rings (SSSR count). The van der Waals surface area contributed by atoms with Crippen molar-refractivity contribution in [3.63, 3.8) is 0 Å². The van der Waals surface area contributed by atoms with E-state index in [9.17, 15) is 4.79 Å². The van der Waals surface area contributed by atoms with Gasteiger partial charge in [-0.2, -0.15) is 0 Å². The van der Waals surface area contributed by atoms with Crippen LogP contribution >= 0.6 is 11.3 Å². The molecular formula is C11H10N2O2S. The first kappa shape index (κ1) is 10.8. The third-order valence-electron chi connectivity index (χ3n) is 2.20. The molecule has 16 heavy (non-hydrogen) atoms. The predicted octanol–water partition coefficient (Wildman–Crippen LogP) is 2.39. The second-order valence-corrected chi connectivity index (χ2v) is 4.38. The van der Waals surface area contributed by atoms with Crippen LogP contribution in [0.3, 0.4) is 0 Å². The molecule has 1 heterocycles. The summed E-state index contributed by atoms with van der Waals surface area (Å²) in [7, 11) is 0. The second-order valence-electron chi connectivity index (χ2n) is 3.37. The second kappa shape index (κ2) is 4.40. The number of carboxylic acids is 1. The van der Waals surface area contributed by atoms with Gasteiger partial charge >= 0.3 is 5.97 Å². The van der Waals surface area contributed by atoms with Gasteiger partial charge in [-0.3, -0.25) is 4.79 Å². The summed E-state index contributed by atoms with van der Waals surface area (Å²) in [5.74, 6) is -1.48. The van der Waals surface area contributed by atoms with Crippen LogP contribution in [0.25, 0.3) is 10.6 Å². The average Bonchev–Trinajstić information content (AvgIpc) is 2.78. The first-order valence-corrected chi connectivity index (χ1v) is 5.62. The van der Waals surface area contributed by atoms with Crippen LogP contribution in [0, 0.1) is 0 Å². The lowest BCUT2D eigenvalue weighted by molar-refractivity contribution is -0.138. The highest BCUT2D eigenvalue weighted by molar-refractivity contribution is 7.14. The number of aliphatic carboxylic acids is 1. The standard InChI is InChI=1S/C11H10N2O2S/c1-7(11(14)15)9-12-13-10(16-9)8-5-3-2-4-6-8/h2-7H,1H3,(H,14,15)/t7-/m1/s1. The molecule has 2 aromatic rings. The lowest BCUT2D eigenvalue weighted by Crippen LogP contribution is -2.06. The van der Waals surface area contributed by atoms with Gasteiger partial charge in [0.05, 0.1) is 0 Å². The summed E-state index contributed by atoms with van der Waals surface area (Å²) in [5.41, 5.74) is 0.962. The van der Waals surface area contributed by atoms with Crippen LogP contribution in [-0.2, 0) is 4.79 Å². The Morgan fingerprint density at radius 1 is 1.31 bits per heavy atom. The molecule has 0 amide bonds. The number of nitrogens with zero attached hydrogens (tertiary/aromatic N) is 2. The van der Waals surface area contributed by atoms with E-state index in [1.807, 2.05) is 30.3 Å². The normalized spacial score (nSPS) is 12.3. The Labute approximate surface area is 96.6 Å². The lowest BCUT2D eigenvalue weighted by Gasteiger charge is -1.97. The van der Waals surface area contributed by atoms with E-state index in [0.717, 1.165) is 10.6 Å². The molecule has 0 radical (unpaired) electrons. The van der Waals surface area contributed by atoms with Gasteiger partial charge in [-0.05, 0) is 6.92 Å². The van der Waals surface area contributed by atoms with Crippen molar-refractivity contribution < 1.29 is 9.90 Å². The number of carbonyl (C=O) groups is 1. The molecule has 0 saturated carbocycles. The fraction of sp³-hybridized carbons (Fsp3) is 0.182. The molecule has 0 aliphatic rings. The third kappa shape index (κ3) is 2.09. The molecule has 0 unspecified atom stereocenters. The Hall–Kier alpha value is -1.75. The van der Waals surface area contributed by atoms with E-state index in [4.69, 9.17) is 5.11 Å². The van der Waals surface area contributed by atoms with Crippen LogP contribution in [0.4, 0.5) is 0 Å². The Morgan fingerprint density at radius 2 is 2.00 bits per heavy atom. The van der Waals surface area contributed by atoms with Crippen LogP contribution in [0.15, 0.2) is 30.3 Å². The molecule has 4 nitrogen and oxygen atoms in total. The topological polar surface area (TPSA) is 63.1 Å². The minimum atomic E-state index is -0.879. The molecule has 0 aliphatic heterocycles. The summed E-state index contributed by atoms with van der Waals surface area (Å²) in [6.45, 7) is 1.61. The number of hydrogen-bond acceptors (Lipinski definition) is 4. The Kier molecular flexibility index (Phi) is 2.96. The van der Waals surface area contributed by atoms with Crippen LogP contribution in [-0.4, -0.2) is 21.3 Å². The first-order valence-electron chi connectivity index (χ1n) is 4.80. The number of hydrogen-bond donors (Lipinski definition) is 1. The minimum Gasteiger partial charge on any atom is -0.481 e. The number of carboxylic acid groups (broad SMARTS) is 1. The van der Waals surface area contributed by atoms with Gasteiger partial charge in [-0.25, -0.2) is 0 Å². The van der Waals surface area contributed by atoms with Crippen LogP contribution in [0.5, 0.6) is 0 Å². The summed E-state index contributed by atoms with van der Waals surface area (Å²) < 4.78 is 0. The zero-order chi connectivity index (χ0) is 11.5. The van der Waals surface area contributed by atoms with E-state index in [1.54, 1.807) is 6.92 Å². The maximum Gasteiger partial charge on any atom is 0.313 e. The van der Waals surface area contributed by atoms with E-state index in [-0.39, 0.29) is 0 Å². The largest absolute Gasteiger partial charge is 0.481 e. The van der Waals surface area contributed by atoms with Gasteiger partial charge in [0.1, 0.15) is 15.9 Å². The summed E-state index contributed by atoms with van der Waals surface area (Å²) in [6.07, 6.45) is 0. The van der Waals surface area contributed by atoms with Crippen molar-refractivity contribution in [3.05, 3.63) is 35.3 Å². The molecule has 1 aromatic heterocycles. The van der Waals surface area contributed by atoms with Crippen molar-refractivity contribution >= 4 is 17.3 Å². The van der Waals surface area contributed by atoms with Gasteiger partial charge in [0.2, 0.25) is 0 Å². The van der Waals surface area contributed by atoms with E-state index in [2.05, 4.69) is 10.2 Å². The molecule has 0 fully saturated rings. The quantitative estimate of drug-likeness (QED) is 0.885. The first-order chi connectivity index (χ1) is 7.68. The zero-order valence-electron chi connectivity index (χ0n) is 8.62. The number of aromatic nitrogens is 2. The maximum atomic E-state index is 10.8. The average molecular weight is 234 g/mol. The van der Waals surface area contributed by atoms with Crippen molar-refractivity contribution in [2.75, 3.05) is 0 Å². The van der Waals surface area contributed by atoms with Crippen LogP contribution < -0.4 is 0 Å². The van der Waals surface area contributed by atoms with E-state index in [1.165, 1.54) is 11.3 Å². The minimum absolute atomic E-state index is 0.534. The highest BCUT2D eigenvalue weighted by atomic mass is 32.1. The molecule has 0 spiro atoms. The van der Waals surface area contributed by atoms with E-state index in [0.29, 0.717) is 5.01 Å². The van der Waals surface area contributed by atoms with Crippen LogP contribution in [0.2, 0.25) is 0 Å². The smallest absolute Gasteiger partial charge is 0.313 e. The molecule has 5 heteroatoms. The molecule has 0 aliphatic carbocycles. The molecule has 0 saturated heterocycles. The molecule has 1 aromatic carbocycles. The zero-order valence-corrected chi connectivity index (χ0v) is 9.44. The lowest BCUT2D eigenvalue weighted by atomic mass is 10.2. The fourth-order valence-corrected chi connectivity index (χ4v) is 2.11. The summed E-state index contributed by atoms with van der Waals surface area (Å²) in [5, 5.41) is 18.0.